The summed E-state index contributed by atoms with van der Waals surface area (Å²) >= 11 is 0. The minimum atomic E-state index is -0.0448. The maximum Gasteiger partial charge on any atom is 0.150 e. The quantitative estimate of drug-likeness (QED) is 0.696. The number of aromatic nitrogens is 1. The van der Waals surface area contributed by atoms with Gasteiger partial charge in [-0.2, -0.15) is 0 Å². The SMILES string of the molecule is Cc1ccc2nc(C(C)(C)C)cc(C=O)c2c1. The van der Waals surface area contributed by atoms with Gasteiger partial charge in [-0.3, -0.25) is 9.78 Å². The number of aldehydes is 1. The molecule has 0 saturated carbocycles. The first-order chi connectivity index (χ1) is 7.91. The number of carbonyl (C=O) groups excluding carboxylic acids is 1. The summed E-state index contributed by atoms with van der Waals surface area (Å²) in [4.78, 5) is 15.8. The van der Waals surface area contributed by atoms with E-state index in [0.29, 0.717) is 0 Å². The molecule has 0 atom stereocenters. The number of hydrogen-bond donors (Lipinski definition) is 0. The van der Waals surface area contributed by atoms with Gasteiger partial charge in [0.25, 0.3) is 0 Å². The number of nitrogens with zero attached hydrogens (tertiary/aromatic N) is 1. The zero-order valence-electron chi connectivity index (χ0n) is 10.7. The molecule has 2 rings (SSSR count). The van der Waals surface area contributed by atoms with Crippen molar-refractivity contribution < 1.29 is 4.79 Å². The van der Waals surface area contributed by atoms with Gasteiger partial charge in [-0.15, -0.1) is 0 Å². The number of rotatable bonds is 1. The molecule has 0 unspecified atom stereocenters. The van der Waals surface area contributed by atoms with E-state index in [-0.39, 0.29) is 5.41 Å². The summed E-state index contributed by atoms with van der Waals surface area (Å²) in [5.74, 6) is 0. The van der Waals surface area contributed by atoms with Crippen molar-refractivity contribution in [3.05, 3.63) is 41.1 Å². The Kier molecular flexibility index (Phi) is 2.74. The highest BCUT2D eigenvalue weighted by molar-refractivity contribution is 5.96. The van der Waals surface area contributed by atoms with E-state index in [1.54, 1.807) is 0 Å². The van der Waals surface area contributed by atoms with E-state index in [1.807, 2.05) is 31.2 Å². The normalized spacial score (nSPS) is 11.8. The van der Waals surface area contributed by atoms with E-state index in [9.17, 15) is 4.79 Å². The smallest absolute Gasteiger partial charge is 0.150 e. The van der Waals surface area contributed by atoms with Gasteiger partial charge in [-0.05, 0) is 25.1 Å². The van der Waals surface area contributed by atoms with Crippen molar-refractivity contribution in [2.24, 2.45) is 0 Å². The lowest BCUT2D eigenvalue weighted by molar-refractivity contribution is 0.112. The Hall–Kier alpha value is -1.70. The molecule has 0 aliphatic heterocycles. The molecule has 0 bridgehead atoms. The predicted molar refractivity (Wildman–Crippen MR) is 70.6 cm³/mol. The van der Waals surface area contributed by atoms with Crippen LogP contribution in [-0.2, 0) is 5.41 Å². The molecule has 1 aromatic heterocycles. The fourth-order valence-corrected chi connectivity index (χ4v) is 1.85. The van der Waals surface area contributed by atoms with Gasteiger partial charge >= 0.3 is 0 Å². The molecule has 2 nitrogen and oxygen atoms in total. The average Bonchev–Trinajstić information content (AvgIpc) is 2.26. The van der Waals surface area contributed by atoms with Crippen LogP contribution in [0.2, 0.25) is 0 Å². The van der Waals surface area contributed by atoms with Crippen LogP contribution in [0.1, 0.15) is 42.4 Å². The third-order valence-corrected chi connectivity index (χ3v) is 2.89. The molecule has 2 heteroatoms. The molecule has 2 aromatic rings. The fourth-order valence-electron chi connectivity index (χ4n) is 1.85. The van der Waals surface area contributed by atoms with Crippen LogP contribution in [0, 0.1) is 6.92 Å². The monoisotopic (exact) mass is 227 g/mol. The van der Waals surface area contributed by atoms with Gasteiger partial charge in [-0.25, -0.2) is 0 Å². The van der Waals surface area contributed by atoms with Crippen LogP contribution in [0.3, 0.4) is 0 Å². The Labute approximate surface area is 102 Å². The van der Waals surface area contributed by atoms with Crippen LogP contribution in [0.4, 0.5) is 0 Å². The number of pyridine rings is 1. The minimum Gasteiger partial charge on any atom is -0.298 e. The fraction of sp³-hybridized carbons (Fsp3) is 0.333. The molecule has 17 heavy (non-hydrogen) atoms. The number of benzene rings is 1. The maximum atomic E-state index is 11.2. The van der Waals surface area contributed by atoms with Crippen molar-refractivity contribution in [1.29, 1.82) is 0 Å². The van der Waals surface area contributed by atoms with Gasteiger partial charge in [0, 0.05) is 22.1 Å². The Morgan fingerprint density at radius 1 is 1.18 bits per heavy atom. The standard InChI is InChI=1S/C15H17NO/c1-10-5-6-13-12(7-10)11(9-17)8-14(16-13)15(2,3)4/h5-9H,1-4H3. The molecular weight excluding hydrogens is 210 g/mol. The summed E-state index contributed by atoms with van der Waals surface area (Å²) in [6, 6.07) is 7.91. The topological polar surface area (TPSA) is 30.0 Å². The van der Waals surface area contributed by atoms with Gasteiger partial charge in [0.1, 0.15) is 0 Å². The molecule has 1 aromatic carbocycles. The van der Waals surface area contributed by atoms with Crippen LogP contribution in [0.25, 0.3) is 10.9 Å². The Bertz CT molecular complexity index is 579. The first kappa shape index (κ1) is 11.8. The second-order valence-electron chi connectivity index (χ2n) is 5.49. The maximum absolute atomic E-state index is 11.2. The summed E-state index contributed by atoms with van der Waals surface area (Å²) in [6.07, 6.45) is 0.915. The van der Waals surface area contributed by atoms with E-state index in [0.717, 1.165) is 34.0 Å². The molecular formula is C15H17NO. The summed E-state index contributed by atoms with van der Waals surface area (Å²) in [7, 11) is 0. The van der Waals surface area contributed by atoms with Crippen LogP contribution in [0.5, 0.6) is 0 Å². The number of fused-ring (bicyclic) bond motifs is 1. The minimum absolute atomic E-state index is 0.0448. The van der Waals surface area contributed by atoms with E-state index in [2.05, 4.69) is 25.8 Å². The molecule has 0 aliphatic rings. The first-order valence-corrected chi connectivity index (χ1v) is 5.79. The molecule has 0 N–H and O–H groups in total. The van der Waals surface area contributed by atoms with E-state index < -0.39 is 0 Å². The van der Waals surface area contributed by atoms with Crippen molar-refractivity contribution in [2.75, 3.05) is 0 Å². The highest BCUT2D eigenvalue weighted by Gasteiger charge is 2.17. The molecule has 0 spiro atoms. The lowest BCUT2D eigenvalue weighted by Gasteiger charge is -2.19. The molecule has 0 amide bonds. The molecule has 1 heterocycles. The highest BCUT2D eigenvalue weighted by atomic mass is 16.1. The first-order valence-electron chi connectivity index (χ1n) is 5.79. The summed E-state index contributed by atoms with van der Waals surface area (Å²) in [5, 5.41) is 0.938. The lowest BCUT2D eigenvalue weighted by Crippen LogP contribution is -2.14. The third kappa shape index (κ3) is 2.21. The second-order valence-corrected chi connectivity index (χ2v) is 5.49. The van der Waals surface area contributed by atoms with Crippen molar-refractivity contribution in [2.45, 2.75) is 33.1 Å². The molecule has 0 aliphatic carbocycles. The van der Waals surface area contributed by atoms with Gasteiger partial charge in [0.15, 0.2) is 6.29 Å². The van der Waals surface area contributed by atoms with Crippen molar-refractivity contribution in [1.82, 2.24) is 4.98 Å². The predicted octanol–water partition coefficient (Wildman–Crippen LogP) is 3.65. The van der Waals surface area contributed by atoms with Gasteiger partial charge in [0.05, 0.1) is 5.52 Å². The van der Waals surface area contributed by atoms with E-state index in [4.69, 9.17) is 0 Å². The van der Waals surface area contributed by atoms with Crippen LogP contribution < -0.4 is 0 Å². The van der Waals surface area contributed by atoms with Crippen molar-refractivity contribution in [3.8, 4) is 0 Å². The Balaban J connectivity index is 2.79. The highest BCUT2D eigenvalue weighted by Crippen LogP contribution is 2.25. The summed E-state index contributed by atoms with van der Waals surface area (Å²) in [6.45, 7) is 8.32. The zero-order valence-corrected chi connectivity index (χ0v) is 10.7. The average molecular weight is 227 g/mol. The lowest BCUT2D eigenvalue weighted by atomic mass is 9.90. The number of carbonyl (C=O) groups is 1. The Morgan fingerprint density at radius 3 is 2.47 bits per heavy atom. The van der Waals surface area contributed by atoms with Gasteiger partial charge in [0.2, 0.25) is 0 Å². The van der Waals surface area contributed by atoms with Crippen LogP contribution in [-0.4, -0.2) is 11.3 Å². The van der Waals surface area contributed by atoms with Crippen molar-refractivity contribution >= 4 is 17.2 Å². The summed E-state index contributed by atoms with van der Waals surface area (Å²) in [5.41, 5.74) is 3.67. The zero-order chi connectivity index (χ0) is 12.6. The molecule has 0 saturated heterocycles. The van der Waals surface area contributed by atoms with Gasteiger partial charge < -0.3 is 0 Å². The molecule has 0 radical (unpaired) electrons. The Morgan fingerprint density at radius 2 is 1.88 bits per heavy atom. The number of hydrogen-bond acceptors (Lipinski definition) is 2. The van der Waals surface area contributed by atoms with Crippen molar-refractivity contribution in [3.63, 3.8) is 0 Å². The van der Waals surface area contributed by atoms with E-state index in [1.165, 1.54) is 0 Å². The second kappa shape index (κ2) is 3.95. The third-order valence-electron chi connectivity index (χ3n) is 2.89. The molecule has 0 fully saturated rings. The largest absolute Gasteiger partial charge is 0.298 e. The van der Waals surface area contributed by atoms with Crippen LogP contribution in [0.15, 0.2) is 24.3 Å². The van der Waals surface area contributed by atoms with Gasteiger partial charge in [-0.1, -0.05) is 32.4 Å². The number of aryl methyl sites for hydroxylation is 1. The van der Waals surface area contributed by atoms with Crippen LogP contribution >= 0.6 is 0 Å². The van der Waals surface area contributed by atoms with E-state index >= 15 is 0 Å². The summed E-state index contributed by atoms with van der Waals surface area (Å²) < 4.78 is 0. The molecule has 88 valence electrons.